The van der Waals surface area contributed by atoms with E-state index in [0.29, 0.717) is 11.6 Å². The second kappa shape index (κ2) is 5.37. The van der Waals surface area contributed by atoms with Gasteiger partial charge in [-0.2, -0.15) is 0 Å². The molecule has 0 aliphatic carbocycles. The predicted octanol–water partition coefficient (Wildman–Crippen LogP) is 3.65. The fourth-order valence-corrected chi connectivity index (χ4v) is 2.05. The summed E-state index contributed by atoms with van der Waals surface area (Å²) < 4.78 is 5.24. The van der Waals surface area contributed by atoms with E-state index in [1.54, 1.807) is 6.08 Å². The van der Waals surface area contributed by atoms with Gasteiger partial charge in [-0.15, -0.1) is 0 Å². The van der Waals surface area contributed by atoms with E-state index in [-0.39, 0.29) is 0 Å². The molecule has 3 rings (SSSR count). The Hall–Kier alpha value is -2.68. The fraction of sp³-hybridized carbons (Fsp3) is 0.111. The van der Waals surface area contributed by atoms with Crippen molar-refractivity contribution in [1.82, 2.24) is 0 Å². The number of benzene rings is 2. The second-order valence-electron chi connectivity index (χ2n) is 5.11. The van der Waals surface area contributed by atoms with E-state index in [1.807, 2.05) is 62.4 Å². The van der Waals surface area contributed by atoms with E-state index in [0.717, 1.165) is 16.7 Å². The van der Waals surface area contributed by atoms with Crippen molar-refractivity contribution in [2.75, 3.05) is 0 Å². The first kappa shape index (κ1) is 13.3. The summed E-state index contributed by atoms with van der Waals surface area (Å²) in [5, 5.41) is 0. The van der Waals surface area contributed by atoms with Crippen LogP contribution in [0.3, 0.4) is 0 Å². The van der Waals surface area contributed by atoms with Crippen LogP contribution in [0.15, 0.2) is 59.2 Å². The van der Waals surface area contributed by atoms with Crippen LogP contribution >= 0.6 is 0 Å². The maximum Gasteiger partial charge on any atom is 0.363 e. The number of hydrogen-bond donors (Lipinski definition) is 0. The van der Waals surface area contributed by atoms with Crippen LogP contribution in [0.5, 0.6) is 0 Å². The number of cyclic esters (lactones) is 1. The van der Waals surface area contributed by atoms with E-state index in [4.69, 9.17) is 4.74 Å². The third kappa shape index (κ3) is 2.92. The lowest BCUT2D eigenvalue weighted by molar-refractivity contribution is -0.129. The van der Waals surface area contributed by atoms with Gasteiger partial charge in [-0.1, -0.05) is 47.5 Å². The Balaban J connectivity index is 1.91. The smallest absolute Gasteiger partial charge is 0.363 e. The van der Waals surface area contributed by atoms with Crippen molar-refractivity contribution < 1.29 is 9.53 Å². The molecule has 1 aliphatic rings. The van der Waals surface area contributed by atoms with Crippen molar-refractivity contribution in [3.8, 4) is 0 Å². The monoisotopic (exact) mass is 277 g/mol. The molecule has 104 valence electrons. The van der Waals surface area contributed by atoms with Gasteiger partial charge < -0.3 is 4.74 Å². The van der Waals surface area contributed by atoms with Gasteiger partial charge in [-0.05, 0) is 37.6 Å². The molecule has 3 nitrogen and oxygen atoms in total. The maximum atomic E-state index is 11.9. The average Bonchev–Trinajstić information content (AvgIpc) is 2.83. The minimum Gasteiger partial charge on any atom is -0.402 e. The first-order chi connectivity index (χ1) is 10.1. The molecule has 0 N–H and O–H groups in total. The molecule has 0 saturated heterocycles. The molecule has 21 heavy (non-hydrogen) atoms. The van der Waals surface area contributed by atoms with Gasteiger partial charge in [0.25, 0.3) is 0 Å². The Morgan fingerprint density at radius 2 is 1.48 bits per heavy atom. The van der Waals surface area contributed by atoms with Gasteiger partial charge >= 0.3 is 5.97 Å². The van der Waals surface area contributed by atoms with Crippen molar-refractivity contribution in [1.29, 1.82) is 0 Å². The second-order valence-corrected chi connectivity index (χ2v) is 5.11. The summed E-state index contributed by atoms with van der Waals surface area (Å²) in [5.41, 5.74) is 4.39. The zero-order valence-corrected chi connectivity index (χ0v) is 12.0. The van der Waals surface area contributed by atoms with Crippen molar-refractivity contribution in [2.45, 2.75) is 13.8 Å². The van der Waals surface area contributed by atoms with Crippen LogP contribution in [0, 0.1) is 13.8 Å². The Morgan fingerprint density at radius 3 is 2.10 bits per heavy atom. The molecule has 1 heterocycles. The van der Waals surface area contributed by atoms with Crippen molar-refractivity contribution >= 4 is 17.9 Å². The van der Waals surface area contributed by atoms with Crippen LogP contribution in [0.4, 0.5) is 0 Å². The van der Waals surface area contributed by atoms with Gasteiger partial charge in [0.15, 0.2) is 5.70 Å². The lowest BCUT2D eigenvalue weighted by atomic mass is 10.1. The number of carbonyl (C=O) groups is 1. The fourth-order valence-electron chi connectivity index (χ4n) is 2.05. The molecule has 0 bridgehead atoms. The molecule has 0 spiro atoms. The van der Waals surface area contributed by atoms with Gasteiger partial charge in [-0.3, -0.25) is 0 Å². The molecule has 0 saturated carbocycles. The maximum absolute atomic E-state index is 11.9. The first-order valence-corrected chi connectivity index (χ1v) is 6.78. The standard InChI is InChI=1S/C18H15NO2/c1-12-3-7-14(8-4-12)11-16-18(20)21-17(19-16)15-9-5-13(2)6-10-15/h3-11H,1-2H3/b16-11-. The van der Waals surface area contributed by atoms with Crippen molar-refractivity contribution in [2.24, 2.45) is 4.99 Å². The number of ether oxygens (including phenoxy) is 1. The minimum absolute atomic E-state index is 0.328. The zero-order chi connectivity index (χ0) is 14.8. The van der Waals surface area contributed by atoms with Gasteiger partial charge in [0.2, 0.25) is 5.90 Å². The molecule has 2 aromatic carbocycles. The summed E-state index contributed by atoms with van der Waals surface area (Å²) in [6.45, 7) is 4.03. The minimum atomic E-state index is -0.411. The Labute approximate surface area is 123 Å². The third-order valence-corrected chi connectivity index (χ3v) is 3.30. The number of carbonyl (C=O) groups excluding carboxylic acids is 1. The summed E-state index contributed by atoms with van der Waals surface area (Å²) >= 11 is 0. The molecule has 0 aromatic heterocycles. The van der Waals surface area contributed by atoms with Crippen LogP contribution in [0.25, 0.3) is 6.08 Å². The number of aliphatic imine (C=N–C) groups is 1. The molecule has 0 unspecified atom stereocenters. The summed E-state index contributed by atoms with van der Waals surface area (Å²) in [7, 11) is 0. The van der Waals surface area contributed by atoms with Crippen LogP contribution in [-0.4, -0.2) is 11.9 Å². The molecule has 0 amide bonds. The quantitative estimate of drug-likeness (QED) is 0.621. The first-order valence-electron chi connectivity index (χ1n) is 6.78. The predicted molar refractivity (Wildman–Crippen MR) is 83.0 cm³/mol. The topological polar surface area (TPSA) is 38.7 Å². The van der Waals surface area contributed by atoms with E-state index in [2.05, 4.69) is 4.99 Å². The summed E-state index contributed by atoms with van der Waals surface area (Å²) in [6, 6.07) is 15.6. The molecule has 0 fully saturated rings. The Morgan fingerprint density at radius 1 is 0.905 bits per heavy atom. The largest absolute Gasteiger partial charge is 0.402 e. The van der Waals surface area contributed by atoms with Crippen LogP contribution in [0.2, 0.25) is 0 Å². The highest BCUT2D eigenvalue weighted by atomic mass is 16.6. The van der Waals surface area contributed by atoms with E-state index >= 15 is 0 Å². The lowest BCUT2D eigenvalue weighted by Crippen LogP contribution is -2.05. The molecular weight excluding hydrogens is 262 g/mol. The average molecular weight is 277 g/mol. The van der Waals surface area contributed by atoms with Crippen LogP contribution < -0.4 is 0 Å². The number of nitrogens with zero attached hydrogens (tertiary/aromatic N) is 1. The number of hydrogen-bond acceptors (Lipinski definition) is 3. The lowest BCUT2D eigenvalue weighted by Gasteiger charge is -1.99. The highest BCUT2D eigenvalue weighted by Gasteiger charge is 2.23. The van der Waals surface area contributed by atoms with E-state index in [1.165, 1.54) is 5.56 Å². The van der Waals surface area contributed by atoms with E-state index in [9.17, 15) is 4.79 Å². The van der Waals surface area contributed by atoms with Gasteiger partial charge in [0.1, 0.15) is 0 Å². The van der Waals surface area contributed by atoms with Gasteiger partial charge in [-0.25, -0.2) is 9.79 Å². The Kier molecular flexibility index (Phi) is 3.40. The molecule has 2 aromatic rings. The van der Waals surface area contributed by atoms with Gasteiger partial charge in [0.05, 0.1) is 0 Å². The van der Waals surface area contributed by atoms with Gasteiger partial charge in [0, 0.05) is 5.56 Å². The Bertz CT molecular complexity index is 738. The molecule has 3 heteroatoms. The van der Waals surface area contributed by atoms with Crippen LogP contribution in [-0.2, 0) is 9.53 Å². The number of esters is 1. The molecular formula is C18H15NO2. The number of aryl methyl sites for hydroxylation is 2. The van der Waals surface area contributed by atoms with Crippen molar-refractivity contribution in [3.63, 3.8) is 0 Å². The SMILES string of the molecule is Cc1ccc(/C=C2\N=C(c3ccc(C)cc3)OC2=O)cc1. The molecule has 0 radical (unpaired) electrons. The summed E-state index contributed by atoms with van der Waals surface area (Å²) in [4.78, 5) is 16.2. The zero-order valence-electron chi connectivity index (χ0n) is 12.0. The van der Waals surface area contributed by atoms with Crippen LogP contribution in [0.1, 0.15) is 22.3 Å². The highest BCUT2D eigenvalue weighted by molar-refractivity contribution is 6.12. The third-order valence-electron chi connectivity index (χ3n) is 3.30. The normalized spacial score (nSPS) is 16.0. The summed E-state index contributed by atoms with van der Waals surface area (Å²) in [5.74, 6) is -0.0514. The highest BCUT2D eigenvalue weighted by Crippen LogP contribution is 2.19. The molecule has 0 atom stereocenters. The van der Waals surface area contributed by atoms with Crippen molar-refractivity contribution in [3.05, 3.63) is 76.5 Å². The summed E-state index contributed by atoms with van der Waals surface area (Å²) in [6.07, 6.45) is 1.74. The molecule has 1 aliphatic heterocycles. The van der Waals surface area contributed by atoms with E-state index < -0.39 is 5.97 Å². The number of rotatable bonds is 2.